The van der Waals surface area contributed by atoms with E-state index in [9.17, 15) is 4.39 Å². The summed E-state index contributed by atoms with van der Waals surface area (Å²) >= 11 is 0. The quantitative estimate of drug-likeness (QED) is 0.823. The molecule has 0 saturated carbocycles. The molecular weight excluding hydrogens is 197 g/mol. The SMILES string of the molecule is CCNC[C@H]1COc2cccc(F)c2O1. The van der Waals surface area contributed by atoms with E-state index in [-0.39, 0.29) is 17.7 Å². The number of hydrogen-bond donors (Lipinski definition) is 1. The van der Waals surface area contributed by atoms with Gasteiger partial charge in [-0.2, -0.15) is 0 Å². The van der Waals surface area contributed by atoms with Gasteiger partial charge in [0.15, 0.2) is 17.3 Å². The van der Waals surface area contributed by atoms with Gasteiger partial charge in [0, 0.05) is 6.54 Å². The molecule has 0 unspecified atom stereocenters. The highest BCUT2D eigenvalue weighted by molar-refractivity contribution is 5.42. The second-order valence-electron chi connectivity index (χ2n) is 3.43. The topological polar surface area (TPSA) is 30.5 Å². The minimum atomic E-state index is -0.367. The number of halogens is 1. The molecule has 0 saturated heterocycles. The number of nitrogens with one attached hydrogen (secondary N) is 1. The summed E-state index contributed by atoms with van der Waals surface area (Å²) in [5, 5.41) is 3.14. The smallest absolute Gasteiger partial charge is 0.197 e. The van der Waals surface area contributed by atoms with Crippen molar-refractivity contribution in [1.29, 1.82) is 0 Å². The van der Waals surface area contributed by atoms with Crippen molar-refractivity contribution in [3.63, 3.8) is 0 Å². The zero-order valence-electron chi connectivity index (χ0n) is 8.63. The Kier molecular flexibility index (Phi) is 3.06. The third kappa shape index (κ3) is 2.21. The Hall–Kier alpha value is -1.29. The molecule has 2 rings (SSSR count). The summed E-state index contributed by atoms with van der Waals surface area (Å²) in [5.74, 6) is 0.350. The third-order valence-electron chi connectivity index (χ3n) is 2.26. The van der Waals surface area contributed by atoms with Crippen LogP contribution in [-0.2, 0) is 0 Å². The number of para-hydroxylation sites is 1. The molecule has 1 aromatic rings. The van der Waals surface area contributed by atoms with Crippen molar-refractivity contribution in [2.24, 2.45) is 0 Å². The van der Waals surface area contributed by atoms with Crippen molar-refractivity contribution < 1.29 is 13.9 Å². The Labute approximate surface area is 88.2 Å². The zero-order chi connectivity index (χ0) is 10.7. The number of hydrogen-bond acceptors (Lipinski definition) is 3. The summed E-state index contributed by atoms with van der Waals surface area (Å²) in [7, 11) is 0. The highest BCUT2D eigenvalue weighted by Gasteiger charge is 2.23. The predicted molar refractivity (Wildman–Crippen MR) is 54.9 cm³/mol. The van der Waals surface area contributed by atoms with E-state index in [2.05, 4.69) is 5.32 Å². The molecule has 4 heteroatoms. The third-order valence-corrected chi connectivity index (χ3v) is 2.26. The Balaban J connectivity index is 2.08. The fraction of sp³-hybridized carbons (Fsp3) is 0.455. The first-order valence-corrected chi connectivity index (χ1v) is 5.10. The first-order chi connectivity index (χ1) is 7.31. The van der Waals surface area contributed by atoms with Gasteiger partial charge < -0.3 is 14.8 Å². The molecule has 1 aliphatic heterocycles. The summed E-state index contributed by atoms with van der Waals surface area (Å²) in [6.07, 6.45) is -0.116. The summed E-state index contributed by atoms with van der Waals surface area (Å²) in [6.45, 7) is 4.01. The van der Waals surface area contributed by atoms with Crippen molar-refractivity contribution in [2.45, 2.75) is 13.0 Å². The number of fused-ring (bicyclic) bond motifs is 1. The molecule has 1 aromatic carbocycles. The lowest BCUT2D eigenvalue weighted by molar-refractivity contribution is 0.0855. The first-order valence-electron chi connectivity index (χ1n) is 5.10. The van der Waals surface area contributed by atoms with Crippen molar-refractivity contribution >= 4 is 0 Å². The van der Waals surface area contributed by atoms with E-state index in [4.69, 9.17) is 9.47 Å². The molecule has 0 amide bonds. The second-order valence-corrected chi connectivity index (χ2v) is 3.43. The van der Waals surface area contributed by atoms with Crippen LogP contribution >= 0.6 is 0 Å². The molecule has 1 N–H and O–H groups in total. The molecule has 15 heavy (non-hydrogen) atoms. The maximum Gasteiger partial charge on any atom is 0.197 e. The predicted octanol–water partition coefficient (Wildman–Crippen LogP) is 1.57. The first kappa shape index (κ1) is 10.2. The second kappa shape index (κ2) is 4.49. The van der Waals surface area contributed by atoms with Crippen LogP contribution in [0.3, 0.4) is 0 Å². The van der Waals surface area contributed by atoms with E-state index >= 15 is 0 Å². The molecular formula is C11H14FNO2. The Morgan fingerprint density at radius 1 is 1.53 bits per heavy atom. The van der Waals surface area contributed by atoms with Gasteiger partial charge in [-0.1, -0.05) is 13.0 Å². The lowest BCUT2D eigenvalue weighted by Crippen LogP contribution is -2.38. The van der Waals surface area contributed by atoms with Crippen LogP contribution in [0.25, 0.3) is 0 Å². The number of rotatable bonds is 3. The van der Waals surface area contributed by atoms with Crippen LogP contribution in [0.1, 0.15) is 6.92 Å². The minimum Gasteiger partial charge on any atom is -0.486 e. The molecule has 0 radical (unpaired) electrons. The van der Waals surface area contributed by atoms with Gasteiger partial charge in [-0.25, -0.2) is 4.39 Å². The van der Waals surface area contributed by atoms with E-state index < -0.39 is 0 Å². The maximum absolute atomic E-state index is 13.3. The summed E-state index contributed by atoms with van der Waals surface area (Å²) in [5.41, 5.74) is 0. The molecule has 0 aliphatic carbocycles. The highest BCUT2D eigenvalue weighted by atomic mass is 19.1. The highest BCUT2D eigenvalue weighted by Crippen LogP contribution is 2.33. The molecule has 3 nitrogen and oxygen atoms in total. The van der Waals surface area contributed by atoms with E-state index in [1.807, 2.05) is 6.92 Å². The molecule has 0 spiro atoms. The van der Waals surface area contributed by atoms with Gasteiger partial charge in [-0.15, -0.1) is 0 Å². The maximum atomic E-state index is 13.3. The van der Waals surface area contributed by atoms with Crippen LogP contribution < -0.4 is 14.8 Å². The minimum absolute atomic E-state index is 0.116. The van der Waals surface area contributed by atoms with E-state index in [1.165, 1.54) is 6.07 Å². The van der Waals surface area contributed by atoms with Gasteiger partial charge in [0.25, 0.3) is 0 Å². The number of benzene rings is 1. The largest absolute Gasteiger partial charge is 0.486 e. The molecule has 0 fully saturated rings. The van der Waals surface area contributed by atoms with Gasteiger partial charge in [-0.3, -0.25) is 0 Å². The fourth-order valence-electron chi connectivity index (χ4n) is 1.51. The van der Waals surface area contributed by atoms with E-state index in [0.29, 0.717) is 18.9 Å². The van der Waals surface area contributed by atoms with E-state index in [1.54, 1.807) is 12.1 Å². The number of ether oxygens (including phenoxy) is 2. The normalized spacial score (nSPS) is 18.9. The van der Waals surface area contributed by atoms with Gasteiger partial charge >= 0.3 is 0 Å². The average Bonchev–Trinajstić information content (AvgIpc) is 2.27. The van der Waals surface area contributed by atoms with Gasteiger partial charge in [0.1, 0.15) is 12.7 Å². The Bertz CT molecular complexity index is 343. The molecule has 82 valence electrons. The van der Waals surface area contributed by atoms with Crippen LogP contribution in [-0.4, -0.2) is 25.8 Å². The van der Waals surface area contributed by atoms with Gasteiger partial charge in [0.05, 0.1) is 0 Å². The molecule has 1 atom stereocenters. The molecule has 1 heterocycles. The van der Waals surface area contributed by atoms with Crippen LogP contribution in [0.15, 0.2) is 18.2 Å². The van der Waals surface area contributed by atoms with Crippen LogP contribution in [0, 0.1) is 5.82 Å². The van der Waals surface area contributed by atoms with Crippen molar-refractivity contribution in [1.82, 2.24) is 5.32 Å². The van der Waals surface area contributed by atoms with Crippen molar-refractivity contribution in [2.75, 3.05) is 19.7 Å². The Morgan fingerprint density at radius 3 is 3.20 bits per heavy atom. The van der Waals surface area contributed by atoms with Crippen LogP contribution in [0.2, 0.25) is 0 Å². The van der Waals surface area contributed by atoms with Gasteiger partial charge in [-0.05, 0) is 18.7 Å². The zero-order valence-corrected chi connectivity index (χ0v) is 8.63. The fourth-order valence-corrected chi connectivity index (χ4v) is 1.51. The molecule has 0 aromatic heterocycles. The Morgan fingerprint density at radius 2 is 2.40 bits per heavy atom. The summed E-state index contributed by atoms with van der Waals surface area (Å²) in [6, 6.07) is 4.70. The van der Waals surface area contributed by atoms with Crippen molar-refractivity contribution in [3.8, 4) is 11.5 Å². The monoisotopic (exact) mass is 211 g/mol. The summed E-state index contributed by atoms with van der Waals surface area (Å²) in [4.78, 5) is 0. The average molecular weight is 211 g/mol. The van der Waals surface area contributed by atoms with Crippen LogP contribution in [0.5, 0.6) is 11.5 Å². The molecule has 0 bridgehead atoms. The standard InChI is InChI=1S/C11H14FNO2/c1-2-13-6-8-7-14-10-5-3-4-9(12)11(10)15-8/h3-5,8,13H,2,6-7H2,1H3/t8-/m0/s1. The van der Waals surface area contributed by atoms with Crippen molar-refractivity contribution in [3.05, 3.63) is 24.0 Å². The number of likely N-dealkylation sites (N-methyl/N-ethyl adjacent to an activating group) is 1. The van der Waals surface area contributed by atoms with Gasteiger partial charge in [0.2, 0.25) is 0 Å². The lowest BCUT2D eigenvalue weighted by atomic mass is 10.2. The summed E-state index contributed by atoms with van der Waals surface area (Å²) < 4.78 is 24.3. The lowest BCUT2D eigenvalue weighted by Gasteiger charge is -2.26. The van der Waals surface area contributed by atoms with Crippen LogP contribution in [0.4, 0.5) is 4.39 Å². The molecule has 1 aliphatic rings. The van der Waals surface area contributed by atoms with E-state index in [0.717, 1.165) is 6.54 Å².